The van der Waals surface area contributed by atoms with Gasteiger partial charge in [0.1, 0.15) is 11.8 Å². The van der Waals surface area contributed by atoms with Crippen molar-refractivity contribution in [1.29, 1.82) is 0 Å². The van der Waals surface area contributed by atoms with Gasteiger partial charge in [-0.25, -0.2) is 0 Å². The molecule has 1 unspecified atom stereocenters. The summed E-state index contributed by atoms with van der Waals surface area (Å²) in [5.74, 6) is 0.190. The van der Waals surface area contributed by atoms with Crippen LogP contribution in [0.15, 0.2) is 59.5 Å². The average molecular weight is 462 g/mol. The second-order valence-electron chi connectivity index (χ2n) is 6.64. The van der Waals surface area contributed by atoms with Crippen molar-refractivity contribution in [2.24, 2.45) is 0 Å². The molecule has 0 saturated carbocycles. The van der Waals surface area contributed by atoms with Crippen LogP contribution < -0.4 is 20.9 Å². The molecule has 0 aliphatic rings. The van der Waals surface area contributed by atoms with Crippen molar-refractivity contribution in [3.05, 3.63) is 60.2 Å². The van der Waals surface area contributed by atoms with E-state index in [0.717, 1.165) is 10.5 Å². The molecule has 2 aromatic carbocycles. The van der Waals surface area contributed by atoms with Crippen LogP contribution >= 0.6 is 23.5 Å². The van der Waals surface area contributed by atoms with Gasteiger partial charge in [-0.15, -0.1) is 11.8 Å². The molecule has 0 aliphatic heterocycles. The van der Waals surface area contributed by atoms with E-state index in [4.69, 9.17) is 4.74 Å². The van der Waals surface area contributed by atoms with E-state index in [1.54, 1.807) is 23.9 Å². The third kappa shape index (κ3) is 9.80. The quantitative estimate of drug-likeness (QED) is 0.352. The van der Waals surface area contributed by atoms with Crippen LogP contribution in [0.25, 0.3) is 0 Å². The Balaban J connectivity index is 1.77. The summed E-state index contributed by atoms with van der Waals surface area (Å²) in [6.45, 7) is 1.79. The molecule has 166 valence electrons. The molecule has 0 spiro atoms. The molecule has 2 aromatic rings. The molecule has 0 fully saturated rings. The number of hydrazine groups is 1. The lowest BCUT2D eigenvalue weighted by molar-refractivity contribution is -0.132. The average Bonchev–Trinajstić information content (AvgIpc) is 2.79. The predicted molar refractivity (Wildman–Crippen MR) is 125 cm³/mol. The van der Waals surface area contributed by atoms with Gasteiger partial charge in [-0.3, -0.25) is 25.2 Å². The van der Waals surface area contributed by atoms with Crippen LogP contribution in [0.2, 0.25) is 0 Å². The number of nitrogens with one attached hydrogen (secondary N) is 3. The highest BCUT2D eigenvalue weighted by Crippen LogP contribution is 2.17. The maximum absolute atomic E-state index is 12.5. The van der Waals surface area contributed by atoms with E-state index >= 15 is 0 Å². The summed E-state index contributed by atoms with van der Waals surface area (Å²) in [5, 5.41) is 2.66. The van der Waals surface area contributed by atoms with Gasteiger partial charge in [-0.05, 0) is 49.6 Å². The van der Waals surface area contributed by atoms with Gasteiger partial charge in [-0.1, -0.05) is 35.9 Å². The summed E-state index contributed by atoms with van der Waals surface area (Å²) in [6.07, 6.45) is 2.34. The number of amides is 3. The van der Waals surface area contributed by atoms with E-state index in [2.05, 4.69) is 16.2 Å². The maximum atomic E-state index is 12.5. The Morgan fingerprint density at radius 3 is 2.35 bits per heavy atom. The second-order valence-corrected chi connectivity index (χ2v) is 8.68. The molecule has 7 nitrogen and oxygen atoms in total. The minimum Gasteiger partial charge on any atom is -0.484 e. The molecule has 1 atom stereocenters. The number of para-hydroxylation sites is 1. The fraction of sp³-hybridized carbons (Fsp3) is 0.318. The van der Waals surface area contributed by atoms with Gasteiger partial charge in [0.25, 0.3) is 11.8 Å². The zero-order chi connectivity index (χ0) is 22.5. The van der Waals surface area contributed by atoms with Crippen LogP contribution in [-0.2, 0) is 14.4 Å². The van der Waals surface area contributed by atoms with Crippen LogP contribution in [0.5, 0.6) is 5.75 Å². The molecular formula is C22H27N3O4S2. The number of carbonyl (C=O) groups excluding carboxylic acids is 3. The van der Waals surface area contributed by atoms with Crippen molar-refractivity contribution in [2.45, 2.75) is 24.3 Å². The highest BCUT2D eigenvalue weighted by molar-refractivity contribution is 8.00. The van der Waals surface area contributed by atoms with Crippen LogP contribution in [0, 0.1) is 6.92 Å². The molecule has 9 heteroatoms. The van der Waals surface area contributed by atoms with Crippen molar-refractivity contribution in [3.63, 3.8) is 0 Å². The molecule has 31 heavy (non-hydrogen) atoms. The molecule has 0 heterocycles. The van der Waals surface area contributed by atoms with Gasteiger partial charge in [0.15, 0.2) is 6.61 Å². The Bertz CT molecular complexity index is 848. The summed E-state index contributed by atoms with van der Waals surface area (Å²) in [6, 6.07) is 16.0. The van der Waals surface area contributed by atoms with Crippen molar-refractivity contribution in [1.82, 2.24) is 16.2 Å². The number of hydrogen-bond donors (Lipinski definition) is 3. The Kier molecular flexibility index (Phi) is 10.8. The van der Waals surface area contributed by atoms with Gasteiger partial charge in [0, 0.05) is 4.90 Å². The van der Waals surface area contributed by atoms with Crippen LogP contribution in [0.3, 0.4) is 0 Å². The number of thioether (sulfide) groups is 2. The van der Waals surface area contributed by atoms with E-state index in [0.29, 0.717) is 17.9 Å². The first kappa shape index (κ1) is 24.6. The fourth-order valence-corrected chi connectivity index (χ4v) is 3.61. The third-order valence-corrected chi connectivity index (χ3v) is 5.75. The molecule has 0 aliphatic carbocycles. The lowest BCUT2D eigenvalue weighted by Crippen LogP contribution is -2.53. The van der Waals surface area contributed by atoms with Crippen molar-refractivity contribution in [2.75, 3.05) is 24.4 Å². The minimum absolute atomic E-state index is 0.163. The molecule has 0 radical (unpaired) electrons. The molecule has 3 N–H and O–H groups in total. The first-order chi connectivity index (χ1) is 15.0. The topological polar surface area (TPSA) is 96.5 Å². The van der Waals surface area contributed by atoms with Crippen molar-refractivity contribution in [3.8, 4) is 5.75 Å². The zero-order valence-electron chi connectivity index (χ0n) is 17.6. The van der Waals surface area contributed by atoms with Crippen LogP contribution in [0.1, 0.15) is 12.0 Å². The van der Waals surface area contributed by atoms with Gasteiger partial charge in [0.2, 0.25) is 5.91 Å². The van der Waals surface area contributed by atoms with E-state index in [1.165, 1.54) is 11.8 Å². The summed E-state index contributed by atoms with van der Waals surface area (Å²) in [7, 11) is 0. The Labute approximate surface area is 191 Å². The van der Waals surface area contributed by atoms with Gasteiger partial charge < -0.3 is 10.1 Å². The number of carbonyl (C=O) groups is 3. The summed E-state index contributed by atoms with van der Waals surface area (Å²) >= 11 is 2.94. The van der Waals surface area contributed by atoms with Crippen molar-refractivity contribution < 1.29 is 19.1 Å². The highest BCUT2D eigenvalue weighted by Gasteiger charge is 2.21. The Morgan fingerprint density at radius 2 is 1.68 bits per heavy atom. The molecule has 2 rings (SSSR count). The number of benzene rings is 2. The standard InChI is InChI=1S/C22H27N3O4S2/c1-16-8-10-18(11-9-16)31-15-21(27)24-25-22(28)19(12-13-30-2)23-20(26)14-29-17-6-4-3-5-7-17/h3-11,19H,12-15H2,1-2H3,(H,23,26)(H,24,27)(H,25,28). The monoisotopic (exact) mass is 461 g/mol. The number of hydrogen-bond acceptors (Lipinski definition) is 6. The third-order valence-electron chi connectivity index (χ3n) is 4.09. The highest BCUT2D eigenvalue weighted by atomic mass is 32.2. The Morgan fingerprint density at radius 1 is 0.968 bits per heavy atom. The van der Waals surface area contributed by atoms with Crippen LogP contribution in [-0.4, -0.2) is 48.1 Å². The maximum Gasteiger partial charge on any atom is 0.260 e. The molecule has 3 amide bonds. The number of ether oxygens (including phenoxy) is 1. The summed E-state index contributed by atoms with van der Waals surface area (Å²) < 4.78 is 5.41. The summed E-state index contributed by atoms with van der Waals surface area (Å²) in [5.41, 5.74) is 5.95. The van der Waals surface area contributed by atoms with Crippen molar-refractivity contribution >= 4 is 41.2 Å². The minimum atomic E-state index is -0.774. The number of aryl methyl sites for hydroxylation is 1. The largest absolute Gasteiger partial charge is 0.484 e. The normalized spacial score (nSPS) is 11.3. The molecule has 0 bridgehead atoms. The van der Waals surface area contributed by atoms with E-state index in [9.17, 15) is 14.4 Å². The number of rotatable bonds is 11. The van der Waals surface area contributed by atoms with E-state index in [1.807, 2.05) is 55.6 Å². The summed E-state index contributed by atoms with van der Waals surface area (Å²) in [4.78, 5) is 37.7. The zero-order valence-corrected chi connectivity index (χ0v) is 19.2. The second kappa shape index (κ2) is 13.6. The molecule has 0 aromatic heterocycles. The SMILES string of the molecule is CSCCC(NC(=O)COc1ccccc1)C(=O)NNC(=O)CSc1ccc(C)cc1. The van der Waals surface area contributed by atoms with Gasteiger partial charge >= 0.3 is 0 Å². The molecule has 0 saturated heterocycles. The lowest BCUT2D eigenvalue weighted by Gasteiger charge is -2.18. The smallest absolute Gasteiger partial charge is 0.260 e. The van der Waals surface area contributed by atoms with Crippen LogP contribution in [0.4, 0.5) is 0 Å². The Hall–Kier alpha value is -2.65. The van der Waals surface area contributed by atoms with E-state index < -0.39 is 17.9 Å². The first-order valence-corrected chi connectivity index (χ1v) is 12.1. The van der Waals surface area contributed by atoms with Gasteiger partial charge in [-0.2, -0.15) is 11.8 Å². The first-order valence-electron chi connectivity index (χ1n) is 9.72. The van der Waals surface area contributed by atoms with E-state index in [-0.39, 0.29) is 18.3 Å². The molecular weight excluding hydrogens is 434 g/mol. The predicted octanol–water partition coefficient (Wildman–Crippen LogP) is 2.55. The lowest BCUT2D eigenvalue weighted by atomic mass is 10.2. The fourth-order valence-electron chi connectivity index (χ4n) is 2.44. The van der Waals surface area contributed by atoms with Gasteiger partial charge in [0.05, 0.1) is 5.75 Å².